The summed E-state index contributed by atoms with van der Waals surface area (Å²) in [5.74, 6) is -0.0821. The number of aryl methyl sites for hydroxylation is 1. The number of carbonyl (C=O) groups is 1. The second kappa shape index (κ2) is 9.09. The lowest BCUT2D eigenvalue weighted by atomic mass is 10.1. The Morgan fingerprint density at radius 1 is 0.900 bits per heavy atom. The van der Waals surface area contributed by atoms with E-state index in [2.05, 4.69) is 32.4 Å². The third kappa shape index (κ3) is 4.75. The van der Waals surface area contributed by atoms with Crippen molar-refractivity contribution < 1.29 is 4.79 Å². The summed E-state index contributed by atoms with van der Waals surface area (Å²) >= 11 is 0. The number of aromatic nitrogens is 2. The third-order valence-electron chi connectivity index (χ3n) is 5.02. The van der Waals surface area contributed by atoms with E-state index in [1.165, 1.54) is 0 Å². The molecule has 4 aromatic rings. The summed E-state index contributed by atoms with van der Waals surface area (Å²) in [6.45, 7) is 1.18. The van der Waals surface area contributed by atoms with Gasteiger partial charge in [-0.15, -0.1) is 0 Å². The minimum absolute atomic E-state index is 0.0821. The number of hydrogen-bond donors (Lipinski definition) is 2. The van der Waals surface area contributed by atoms with Crippen LogP contribution in [0.3, 0.4) is 0 Å². The van der Waals surface area contributed by atoms with E-state index < -0.39 is 0 Å². The molecule has 0 saturated carbocycles. The summed E-state index contributed by atoms with van der Waals surface area (Å²) in [5.41, 5.74) is 6.08. The number of benzene rings is 2. The Kier molecular flexibility index (Phi) is 5.90. The topological polar surface area (TPSA) is 59.0 Å². The molecule has 0 atom stereocenters. The van der Waals surface area contributed by atoms with E-state index in [0.29, 0.717) is 18.7 Å². The number of rotatable bonds is 7. The van der Waals surface area contributed by atoms with Gasteiger partial charge in [-0.2, -0.15) is 0 Å². The first kappa shape index (κ1) is 19.5. The number of nitrogens with one attached hydrogen (secondary N) is 2. The van der Waals surface area contributed by atoms with Crippen LogP contribution >= 0.6 is 0 Å². The zero-order valence-corrected chi connectivity index (χ0v) is 16.9. The van der Waals surface area contributed by atoms with Crippen molar-refractivity contribution in [1.29, 1.82) is 0 Å². The molecule has 4 rings (SSSR count). The summed E-state index contributed by atoms with van der Waals surface area (Å²) < 4.78 is 2.11. The lowest BCUT2D eigenvalue weighted by Gasteiger charge is -2.10. The second-order valence-electron chi connectivity index (χ2n) is 7.17. The molecule has 2 aromatic heterocycles. The van der Waals surface area contributed by atoms with E-state index >= 15 is 0 Å². The Morgan fingerprint density at radius 3 is 2.50 bits per heavy atom. The molecule has 0 radical (unpaired) electrons. The summed E-state index contributed by atoms with van der Waals surface area (Å²) in [4.78, 5) is 16.6. The van der Waals surface area contributed by atoms with Crippen molar-refractivity contribution in [2.45, 2.75) is 13.1 Å². The average Bonchev–Trinajstić information content (AvgIpc) is 3.18. The number of carbonyl (C=O) groups excluding carboxylic acids is 1. The van der Waals surface area contributed by atoms with Crippen LogP contribution in [-0.4, -0.2) is 15.5 Å². The van der Waals surface area contributed by atoms with Crippen LogP contribution in [0.25, 0.3) is 11.1 Å². The number of pyridine rings is 1. The van der Waals surface area contributed by atoms with Gasteiger partial charge >= 0.3 is 0 Å². The molecule has 30 heavy (non-hydrogen) atoms. The van der Waals surface area contributed by atoms with Gasteiger partial charge in [0, 0.05) is 49.1 Å². The van der Waals surface area contributed by atoms with Gasteiger partial charge in [0.2, 0.25) is 0 Å². The molecular formula is C25H24N4O. The normalized spacial score (nSPS) is 10.6. The molecule has 0 bridgehead atoms. The van der Waals surface area contributed by atoms with Crippen molar-refractivity contribution in [3.8, 4) is 11.1 Å². The van der Waals surface area contributed by atoms with Gasteiger partial charge in [0.15, 0.2) is 0 Å². The molecule has 5 heteroatoms. The molecule has 0 unspecified atom stereocenters. The Bertz CT molecular complexity index is 1120. The second-order valence-corrected chi connectivity index (χ2v) is 7.17. The fourth-order valence-electron chi connectivity index (χ4n) is 3.33. The molecule has 150 valence electrons. The summed E-state index contributed by atoms with van der Waals surface area (Å²) in [6.07, 6.45) is 5.71. The van der Waals surface area contributed by atoms with Gasteiger partial charge in [-0.25, -0.2) is 0 Å². The Morgan fingerprint density at radius 2 is 1.70 bits per heavy atom. The van der Waals surface area contributed by atoms with Crippen molar-refractivity contribution in [2.24, 2.45) is 7.05 Å². The van der Waals surface area contributed by atoms with Crippen LogP contribution in [0, 0.1) is 0 Å². The van der Waals surface area contributed by atoms with Crippen molar-refractivity contribution in [3.05, 3.63) is 108 Å². The third-order valence-corrected chi connectivity index (χ3v) is 5.02. The van der Waals surface area contributed by atoms with Crippen LogP contribution in [0.4, 0.5) is 5.69 Å². The largest absolute Gasteiger partial charge is 0.379 e. The molecule has 0 aliphatic carbocycles. The maximum Gasteiger partial charge on any atom is 0.251 e. The van der Waals surface area contributed by atoms with Gasteiger partial charge in [0.05, 0.1) is 6.54 Å². The van der Waals surface area contributed by atoms with Crippen LogP contribution in [0.15, 0.2) is 91.4 Å². The molecule has 5 nitrogen and oxygen atoms in total. The van der Waals surface area contributed by atoms with E-state index in [1.807, 2.05) is 73.8 Å². The zero-order valence-electron chi connectivity index (χ0n) is 16.9. The molecule has 0 fully saturated rings. The highest BCUT2D eigenvalue weighted by molar-refractivity contribution is 5.95. The van der Waals surface area contributed by atoms with E-state index in [1.54, 1.807) is 12.4 Å². The Hall–Kier alpha value is -3.86. The van der Waals surface area contributed by atoms with Gasteiger partial charge in [-0.3, -0.25) is 9.78 Å². The van der Waals surface area contributed by atoms with Gasteiger partial charge in [0.25, 0.3) is 5.91 Å². The summed E-state index contributed by atoms with van der Waals surface area (Å²) in [7, 11) is 2.04. The Balaban J connectivity index is 1.39. The van der Waals surface area contributed by atoms with Crippen molar-refractivity contribution >= 4 is 11.6 Å². The smallest absolute Gasteiger partial charge is 0.251 e. The summed E-state index contributed by atoms with van der Waals surface area (Å²) in [6, 6.07) is 23.7. The van der Waals surface area contributed by atoms with Crippen LogP contribution in [0.1, 0.15) is 21.6 Å². The van der Waals surface area contributed by atoms with Gasteiger partial charge in [-0.05, 0) is 53.1 Å². The number of amides is 1. The molecule has 2 N–H and O–H groups in total. The SMILES string of the molecule is Cn1cc(-c2ccncc2)cc1CNc1cccc(C(=O)NCc2ccccc2)c1. The van der Waals surface area contributed by atoms with Gasteiger partial charge < -0.3 is 15.2 Å². The van der Waals surface area contributed by atoms with Crippen LogP contribution in [0.2, 0.25) is 0 Å². The highest BCUT2D eigenvalue weighted by atomic mass is 16.1. The molecule has 0 saturated heterocycles. The van der Waals surface area contributed by atoms with E-state index in [9.17, 15) is 4.79 Å². The molecular weight excluding hydrogens is 372 g/mol. The highest BCUT2D eigenvalue weighted by Crippen LogP contribution is 2.22. The van der Waals surface area contributed by atoms with Crippen LogP contribution in [0.5, 0.6) is 0 Å². The van der Waals surface area contributed by atoms with E-state index in [4.69, 9.17) is 0 Å². The lowest BCUT2D eigenvalue weighted by molar-refractivity contribution is 0.0951. The van der Waals surface area contributed by atoms with E-state index in [-0.39, 0.29) is 5.91 Å². The molecule has 1 amide bonds. The average molecular weight is 396 g/mol. The maximum absolute atomic E-state index is 12.5. The highest BCUT2D eigenvalue weighted by Gasteiger charge is 2.08. The standard InChI is InChI=1S/C25H24N4O/c1-29-18-22(20-10-12-26-13-11-20)15-24(29)17-27-23-9-5-8-21(14-23)25(30)28-16-19-6-3-2-4-7-19/h2-15,18,27H,16-17H2,1H3,(H,28,30). The maximum atomic E-state index is 12.5. The number of nitrogens with zero attached hydrogens (tertiary/aromatic N) is 2. The number of hydrogen-bond acceptors (Lipinski definition) is 3. The molecule has 0 spiro atoms. The van der Waals surface area contributed by atoms with Crippen molar-refractivity contribution in [3.63, 3.8) is 0 Å². The first-order valence-electron chi connectivity index (χ1n) is 9.91. The van der Waals surface area contributed by atoms with Crippen LogP contribution in [-0.2, 0) is 20.1 Å². The van der Waals surface area contributed by atoms with E-state index in [0.717, 1.165) is 28.1 Å². The fourth-order valence-corrected chi connectivity index (χ4v) is 3.33. The molecule has 0 aliphatic heterocycles. The minimum Gasteiger partial charge on any atom is -0.379 e. The zero-order chi connectivity index (χ0) is 20.8. The lowest BCUT2D eigenvalue weighted by Crippen LogP contribution is -2.22. The van der Waals surface area contributed by atoms with Crippen molar-refractivity contribution in [1.82, 2.24) is 14.9 Å². The first-order valence-corrected chi connectivity index (χ1v) is 9.91. The Labute approximate surface area is 176 Å². The van der Waals surface area contributed by atoms with Crippen LogP contribution < -0.4 is 10.6 Å². The predicted octanol–water partition coefficient (Wildman–Crippen LogP) is 4.63. The van der Waals surface area contributed by atoms with Crippen molar-refractivity contribution in [2.75, 3.05) is 5.32 Å². The van der Waals surface area contributed by atoms with Gasteiger partial charge in [0.1, 0.15) is 0 Å². The first-order chi connectivity index (χ1) is 14.7. The van der Waals surface area contributed by atoms with Gasteiger partial charge in [-0.1, -0.05) is 36.4 Å². The summed E-state index contributed by atoms with van der Waals surface area (Å²) in [5, 5.41) is 6.39. The molecule has 0 aliphatic rings. The number of anilines is 1. The minimum atomic E-state index is -0.0821. The fraction of sp³-hybridized carbons (Fsp3) is 0.120. The molecule has 2 heterocycles. The monoisotopic (exact) mass is 396 g/mol. The molecule has 2 aromatic carbocycles. The quantitative estimate of drug-likeness (QED) is 0.479. The predicted molar refractivity (Wildman–Crippen MR) is 120 cm³/mol.